The molecule has 3 nitrogen and oxygen atoms in total. The van der Waals surface area contributed by atoms with Crippen LogP contribution in [0.25, 0.3) is 0 Å². The summed E-state index contributed by atoms with van der Waals surface area (Å²) in [5, 5.41) is 10.5. The Hall–Kier alpha value is -0.303. The summed E-state index contributed by atoms with van der Waals surface area (Å²) in [6.45, 7) is 11.0. The predicted molar refractivity (Wildman–Crippen MR) is 101 cm³/mol. The maximum Gasteiger partial charge on any atom is 0.250 e. The zero-order chi connectivity index (χ0) is 17.1. The van der Waals surface area contributed by atoms with Crippen molar-refractivity contribution in [1.82, 2.24) is 0 Å². The zero-order valence-corrected chi connectivity index (χ0v) is 17.2. The van der Waals surface area contributed by atoms with Crippen LogP contribution in [0.1, 0.15) is 32.4 Å². The van der Waals surface area contributed by atoms with Crippen molar-refractivity contribution in [2.45, 2.75) is 49.6 Å². The van der Waals surface area contributed by atoms with Crippen molar-refractivity contribution in [2.75, 3.05) is 12.5 Å². The van der Waals surface area contributed by atoms with Crippen LogP contribution in [-0.4, -0.2) is 34.7 Å². The van der Waals surface area contributed by atoms with Gasteiger partial charge in [0.25, 0.3) is 0 Å². The molecule has 1 aromatic carbocycles. The molecule has 22 heavy (non-hydrogen) atoms. The van der Waals surface area contributed by atoms with Crippen molar-refractivity contribution in [3.63, 3.8) is 0 Å². The number of hydrogen-bond acceptors (Lipinski definition) is 4. The van der Waals surface area contributed by atoms with E-state index >= 15 is 0 Å². The molecule has 0 bridgehead atoms. The van der Waals surface area contributed by atoms with E-state index in [0.717, 1.165) is 11.3 Å². The molecule has 0 amide bonds. The molecular formula is C16H28O3S2Si. The van der Waals surface area contributed by atoms with E-state index in [4.69, 9.17) is 4.43 Å². The number of hydrogen-bond donors (Lipinski definition) is 1. The first-order valence-electron chi connectivity index (χ1n) is 7.31. The molecule has 0 aliphatic heterocycles. The van der Waals surface area contributed by atoms with Crippen LogP contribution in [0.3, 0.4) is 0 Å². The van der Waals surface area contributed by atoms with Crippen LogP contribution in [0.5, 0.6) is 5.75 Å². The van der Waals surface area contributed by atoms with E-state index in [1.54, 1.807) is 6.26 Å². The van der Waals surface area contributed by atoms with Gasteiger partial charge in [0.1, 0.15) is 16.4 Å². The van der Waals surface area contributed by atoms with Crippen molar-refractivity contribution in [3.05, 3.63) is 29.8 Å². The lowest BCUT2D eigenvalue weighted by molar-refractivity contribution is 0.195. The summed E-state index contributed by atoms with van der Waals surface area (Å²) in [5.74, 6) is 0.834. The molecule has 0 fully saturated rings. The third-order valence-electron chi connectivity index (χ3n) is 4.22. The van der Waals surface area contributed by atoms with Crippen LogP contribution in [0.2, 0.25) is 18.1 Å². The Morgan fingerprint density at radius 2 is 1.73 bits per heavy atom. The summed E-state index contributed by atoms with van der Waals surface area (Å²) < 4.78 is 17.6. The van der Waals surface area contributed by atoms with Gasteiger partial charge in [0.2, 0.25) is 8.32 Å². The Morgan fingerprint density at radius 1 is 1.23 bits per heavy atom. The number of aliphatic hydroxyl groups is 1. The van der Waals surface area contributed by atoms with Gasteiger partial charge in [-0.15, -0.1) is 11.8 Å². The zero-order valence-electron chi connectivity index (χ0n) is 14.5. The lowest BCUT2D eigenvalue weighted by atomic mass is 10.1. The summed E-state index contributed by atoms with van der Waals surface area (Å²) >= 11 is 1.42. The van der Waals surface area contributed by atoms with Crippen molar-refractivity contribution in [3.8, 4) is 5.75 Å². The fraction of sp³-hybridized carbons (Fsp3) is 0.625. The minimum atomic E-state index is -1.85. The molecule has 1 aromatic rings. The second kappa shape index (κ2) is 7.51. The first-order valence-corrected chi connectivity index (χ1v) is 13.1. The van der Waals surface area contributed by atoms with Gasteiger partial charge in [-0.3, -0.25) is 4.21 Å². The highest BCUT2D eigenvalue weighted by Crippen LogP contribution is 2.37. The van der Waals surface area contributed by atoms with Crippen molar-refractivity contribution in [1.29, 1.82) is 0 Å². The molecule has 6 heteroatoms. The monoisotopic (exact) mass is 360 g/mol. The van der Waals surface area contributed by atoms with Crippen LogP contribution in [-0.2, 0) is 10.8 Å². The highest BCUT2D eigenvalue weighted by molar-refractivity contribution is 8.10. The van der Waals surface area contributed by atoms with Gasteiger partial charge < -0.3 is 9.53 Å². The van der Waals surface area contributed by atoms with E-state index in [-0.39, 0.29) is 9.62 Å². The topological polar surface area (TPSA) is 46.5 Å². The maximum atomic E-state index is 11.7. The van der Waals surface area contributed by atoms with E-state index in [1.165, 1.54) is 11.8 Å². The van der Waals surface area contributed by atoms with E-state index in [0.29, 0.717) is 0 Å². The maximum absolute atomic E-state index is 11.7. The minimum Gasteiger partial charge on any atom is -0.544 e. The molecule has 1 rings (SSSR count). The van der Waals surface area contributed by atoms with Crippen LogP contribution in [0.4, 0.5) is 0 Å². The fourth-order valence-electron chi connectivity index (χ4n) is 1.78. The summed E-state index contributed by atoms with van der Waals surface area (Å²) in [6.07, 6.45) is 2.76. The quantitative estimate of drug-likeness (QED) is 0.773. The highest BCUT2D eigenvalue weighted by Gasteiger charge is 2.39. The third kappa shape index (κ3) is 4.85. The molecular weight excluding hydrogens is 332 g/mol. The molecule has 126 valence electrons. The number of aliphatic hydroxyl groups excluding tert-OH is 1. The van der Waals surface area contributed by atoms with Crippen LogP contribution in [0, 0.1) is 0 Å². The molecule has 0 spiro atoms. The Balaban J connectivity index is 2.90. The second-order valence-electron chi connectivity index (χ2n) is 6.98. The van der Waals surface area contributed by atoms with E-state index in [2.05, 4.69) is 33.9 Å². The number of rotatable bonds is 6. The molecule has 0 aromatic heterocycles. The summed E-state index contributed by atoms with van der Waals surface area (Å²) in [5.41, 5.74) is 0.775. The molecule has 0 aliphatic rings. The molecule has 0 saturated heterocycles. The van der Waals surface area contributed by atoms with Gasteiger partial charge in [-0.25, -0.2) is 0 Å². The van der Waals surface area contributed by atoms with Crippen LogP contribution in [0.15, 0.2) is 24.3 Å². The van der Waals surface area contributed by atoms with E-state index < -0.39 is 25.2 Å². The first kappa shape index (κ1) is 19.7. The minimum absolute atomic E-state index is 0.147. The van der Waals surface area contributed by atoms with Gasteiger partial charge in [0.15, 0.2) is 0 Å². The lowest BCUT2D eigenvalue weighted by Crippen LogP contribution is -2.43. The fourth-order valence-corrected chi connectivity index (χ4v) is 4.83. The molecule has 3 unspecified atom stereocenters. The van der Waals surface area contributed by atoms with E-state index in [1.807, 2.05) is 30.5 Å². The summed E-state index contributed by atoms with van der Waals surface area (Å²) in [7, 11) is -2.93. The highest BCUT2D eigenvalue weighted by atomic mass is 32.2. The predicted octanol–water partition coefficient (Wildman–Crippen LogP) is 4.17. The Kier molecular flexibility index (Phi) is 6.74. The van der Waals surface area contributed by atoms with Crippen LogP contribution >= 0.6 is 11.8 Å². The van der Waals surface area contributed by atoms with Gasteiger partial charge in [-0.05, 0) is 42.1 Å². The number of benzene rings is 1. The molecule has 0 heterocycles. The van der Waals surface area contributed by atoms with Gasteiger partial charge in [0, 0.05) is 17.1 Å². The third-order valence-corrected chi connectivity index (χ3v) is 11.6. The Labute approximate surface area is 142 Å². The number of thioether (sulfide) groups is 1. The SMILES string of the molecule is CSC(C(O)c1ccc(O[Si](C)(C)C(C)(C)C)cc1)S(C)=O. The summed E-state index contributed by atoms with van der Waals surface area (Å²) in [6, 6.07) is 7.52. The van der Waals surface area contributed by atoms with Gasteiger partial charge in [0.05, 0.1) is 0 Å². The van der Waals surface area contributed by atoms with Crippen molar-refractivity contribution >= 4 is 30.9 Å². The molecule has 1 N–H and O–H groups in total. The largest absolute Gasteiger partial charge is 0.544 e. The molecule has 3 atom stereocenters. The van der Waals surface area contributed by atoms with E-state index in [9.17, 15) is 9.32 Å². The normalized spacial score (nSPS) is 16.9. The van der Waals surface area contributed by atoms with Gasteiger partial charge >= 0.3 is 0 Å². The average molecular weight is 361 g/mol. The van der Waals surface area contributed by atoms with Gasteiger partial charge in [-0.2, -0.15) is 0 Å². The van der Waals surface area contributed by atoms with Crippen molar-refractivity contribution < 1.29 is 13.7 Å². The second-order valence-corrected chi connectivity index (χ2v) is 14.5. The molecule has 0 aliphatic carbocycles. The average Bonchev–Trinajstić information content (AvgIpc) is 2.38. The summed E-state index contributed by atoms with van der Waals surface area (Å²) in [4.78, 5) is 0. The van der Waals surface area contributed by atoms with Crippen molar-refractivity contribution in [2.24, 2.45) is 0 Å². The first-order chi connectivity index (χ1) is 9.99. The smallest absolute Gasteiger partial charge is 0.250 e. The molecule has 0 saturated carbocycles. The van der Waals surface area contributed by atoms with Gasteiger partial charge in [-0.1, -0.05) is 32.9 Å². The lowest BCUT2D eigenvalue weighted by Gasteiger charge is -2.36. The standard InChI is InChI=1S/C16H28O3S2Si/c1-16(2,3)22(6,7)19-13-10-8-12(9-11-13)14(17)15(20-4)21(5)18/h8-11,14-15,17H,1-7H3. The molecule has 0 radical (unpaired) electrons. The van der Waals surface area contributed by atoms with Crippen LogP contribution < -0.4 is 4.43 Å². The Bertz CT molecular complexity index is 509. The Morgan fingerprint density at radius 3 is 2.09 bits per heavy atom.